The molecule has 0 aliphatic heterocycles. The summed E-state index contributed by atoms with van der Waals surface area (Å²) in [6.07, 6.45) is 0. The Morgan fingerprint density at radius 2 is 2.12 bits per heavy atom. The lowest BCUT2D eigenvalue weighted by Crippen LogP contribution is -2.39. The molecular formula is C12H17FN2O2. The molecule has 1 aromatic rings. The smallest absolute Gasteiger partial charge is 0.241 e. The molecule has 0 radical (unpaired) electrons. The Kier molecular flexibility index (Phi) is 4.45. The van der Waals surface area contributed by atoms with Crippen molar-refractivity contribution in [2.75, 3.05) is 12.4 Å². The third kappa shape index (κ3) is 3.42. The summed E-state index contributed by atoms with van der Waals surface area (Å²) in [6, 6.07) is 3.29. The van der Waals surface area contributed by atoms with Gasteiger partial charge in [0.2, 0.25) is 5.91 Å². The zero-order valence-electron chi connectivity index (χ0n) is 10.2. The summed E-state index contributed by atoms with van der Waals surface area (Å²) in [5, 5.41) is 2.61. The number of hydrogen-bond acceptors (Lipinski definition) is 3. The monoisotopic (exact) mass is 240 g/mol. The van der Waals surface area contributed by atoms with Gasteiger partial charge in [-0.1, -0.05) is 13.8 Å². The van der Waals surface area contributed by atoms with Gasteiger partial charge in [-0.25, -0.2) is 4.39 Å². The highest BCUT2D eigenvalue weighted by Gasteiger charge is 2.18. The highest BCUT2D eigenvalue weighted by molar-refractivity contribution is 5.96. The number of nitrogens with one attached hydrogen (secondary N) is 1. The van der Waals surface area contributed by atoms with Crippen molar-refractivity contribution in [2.45, 2.75) is 19.9 Å². The van der Waals surface area contributed by atoms with Gasteiger partial charge in [-0.2, -0.15) is 0 Å². The Morgan fingerprint density at radius 1 is 1.47 bits per heavy atom. The Labute approximate surface area is 100.0 Å². The molecule has 94 valence electrons. The molecule has 0 heterocycles. The molecule has 1 rings (SSSR count). The van der Waals surface area contributed by atoms with E-state index in [-0.39, 0.29) is 17.6 Å². The van der Waals surface area contributed by atoms with E-state index in [4.69, 9.17) is 10.5 Å². The molecule has 0 saturated carbocycles. The number of anilines is 1. The van der Waals surface area contributed by atoms with Crippen LogP contribution in [0.4, 0.5) is 10.1 Å². The van der Waals surface area contributed by atoms with Gasteiger partial charge in [-0.05, 0) is 18.1 Å². The largest absolute Gasteiger partial charge is 0.494 e. The summed E-state index contributed by atoms with van der Waals surface area (Å²) in [5.41, 5.74) is 6.11. The number of carbonyl (C=O) groups is 1. The number of amides is 1. The Balaban J connectivity index is 2.84. The standard InChI is InChI=1S/C12H17FN2O2/c1-7(2)11(14)12(16)15-9-5-4-8(13)6-10(9)17-3/h4-7,11H,14H2,1-3H3,(H,15,16)/t11-/m1/s1. The molecule has 1 amide bonds. The minimum atomic E-state index is -0.607. The zero-order valence-corrected chi connectivity index (χ0v) is 10.2. The number of halogens is 1. The lowest BCUT2D eigenvalue weighted by molar-refractivity contribution is -0.118. The molecular weight excluding hydrogens is 223 g/mol. The fraction of sp³-hybridized carbons (Fsp3) is 0.417. The van der Waals surface area contributed by atoms with E-state index in [1.165, 1.54) is 25.3 Å². The van der Waals surface area contributed by atoms with Crippen molar-refractivity contribution < 1.29 is 13.9 Å². The number of ether oxygens (including phenoxy) is 1. The SMILES string of the molecule is COc1cc(F)ccc1NC(=O)[C@H](N)C(C)C. The average molecular weight is 240 g/mol. The van der Waals surface area contributed by atoms with Crippen LogP contribution in [0, 0.1) is 11.7 Å². The van der Waals surface area contributed by atoms with Gasteiger partial charge in [0.25, 0.3) is 0 Å². The summed E-state index contributed by atoms with van der Waals surface area (Å²) in [4.78, 5) is 11.7. The predicted molar refractivity (Wildman–Crippen MR) is 64.4 cm³/mol. The third-order valence-corrected chi connectivity index (χ3v) is 2.44. The summed E-state index contributed by atoms with van der Waals surface area (Å²) in [5.74, 6) is -0.436. The minimum Gasteiger partial charge on any atom is -0.494 e. The maximum atomic E-state index is 12.9. The van der Waals surface area contributed by atoms with E-state index in [0.29, 0.717) is 5.69 Å². The lowest BCUT2D eigenvalue weighted by atomic mass is 10.0. The molecule has 0 aliphatic rings. The van der Waals surface area contributed by atoms with E-state index in [1.54, 1.807) is 0 Å². The van der Waals surface area contributed by atoms with Crippen molar-refractivity contribution >= 4 is 11.6 Å². The minimum absolute atomic E-state index is 0.0291. The van der Waals surface area contributed by atoms with E-state index < -0.39 is 11.9 Å². The average Bonchev–Trinajstić information content (AvgIpc) is 2.30. The number of carbonyl (C=O) groups excluding carboxylic acids is 1. The van der Waals surface area contributed by atoms with Crippen molar-refractivity contribution in [3.63, 3.8) is 0 Å². The predicted octanol–water partition coefficient (Wildman–Crippen LogP) is 1.76. The van der Waals surface area contributed by atoms with Crippen LogP contribution in [0.3, 0.4) is 0 Å². The van der Waals surface area contributed by atoms with Crippen LogP contribution < -0.4 is 15.8 Å². The summed E-state index contributed by atoms with van der Waals surface area (Å²) >= 11 is 0. The maximum Gasteiger partial charge on any atom is 0.241 e. The Hall–Kier alpha value is -1.62. The van der Waals surface area contributed by atoms with Gasteiger partial charge in [0.15, 0.2) is 0 Å². The molecule has 1 aromatic carbocycles. The first kappa shape index (κ1) is 13.4. The Morgan fingerprint density at radius 3 is 2.65 bits per heavy atom. The van der Waals surface area contributed by atoms with E-state index in [1.807, 2.05) is 13.8 Å². The van der Waals surface area contributed by atoms with Crippen molar-refractivity contribution in [1.29, 1.82) is 0 Å². The molecule has 0 saturated heterocycles. The van der Waals surface area contributed by atoms with Crippen LogP contribution in [-0.4, -0.2) is 19.1 Å². The molecule has 4 nitrogen and oxygen atoms in total. The van der Waals surface area contributed by atoms with Gasteiger partial charge in [0, 0.05) is 6.07 Å². The second-order valence-corrected chi connectivity index (χ2v) is 4.10. The molecule has 0 unspecified atom stereocenters. The lowest BCUT2D eigenvalue weighted by Gasteiger charge is -2.16. The number of rotatable bonds is 4. The maximum absolute atomic E-state index is 12.9. The summed E-state index contributed by atoms with van der Waals surface area (Å²) in [7, 11) is 1.41. The topological polar surface area (TPSA) is 64.3 Å². The molecule has 3 N–H and O–H groups in total. The first-order valence-electron chi connectivity index (χ1n) is 5.35. The third-order valence-electron chi connectivity index (χ3n) is 2.44. The van der Waals surface area contributed by atoms with Crippen LogP contribution in [0.5, 0.6) is 5.75 Å². The first-order chi connectivity index (χ1) is 7.95. The van der Waals surface area contributed by atoms with Crippen LogP contribution in [0.15, 0.2) is 18.2 Å². The fourth-order valence-corrected chi connectivity index (χ4v) is 1.29. The Bertz CT molecular complexity index is 407. The van der Waals surface area contributed by atoms with Gasteiger partial charge < -0.3 is 15.8 Å². The second kappa shape index (κ2) is 5.63. The van der Waals surface area contributed by atoms with Crippen molar-refractivity contribution in [1.82, 2.24) is 0 Å². The molecule has 5 heteroatoms. The first-order valence-corrected chi connectivity index (χ1v) is 5.35. The van der Waals surface area contributed by atoms with Crippen LogP contribution in [0.1, 0.15) is 13.8 Å². The van der Waals surface area contributed by atoms with Crippen molar-refractivity contribution in [3.05, 3.63) is 24.0 Å². The number of benzene rings is 1. The van der Waals surface area contributed by atoms with E-state index in [0.717, 1.165) is 0 Å². The van der Waals surface area contributed by atoms with E-state index in [2.05, 4.69) is 5.32 Å². The van der Waals surface area contributed by atoms with Gasteiger partial charge in [0.1, 0.15) is 11.6 Å². The van der Waals surface area contributed by atoms with Crippen LogP contribution in [-0.2, 0) is 4.79 Å². The number of hydrogen-bond donors (Lipinski definition) is 2. The summed E-state index contributed by atoms with van der Waals surface area (Å²) in [6.45, 7) is 3.71. The van der Waals surface area contributed by atoms with E-state index >= 15 is 0 Å². The van der Waals surface area contributed by atoms with E-state index in [9.17, 15) is 9.18 Å². The highest BCUT2D eigenvalue weighted by atomic mass is 19.1. The summed E-state index contributed by atoms with van der Waals surface area (Å²) < 4.78 is 17.9. The molecule has 0 aliphatic carbocycles. The van der Waals surface area contributed by atoms with Crippen LogP contribution in [0.25, 0.3) is 0 Å². The molecule has 1 atom stereocenters. The molecule has 0 fully saturated rings. The normalized spacial score (nSPS) is 12.4. The van der Waals surface area contributed by atoms with Crippen LogP contribution in [0.2, 0.25) is 0 Å². The number of methoxy groups -OCH3 is 1. The van der Waals surface area contributed by atoms with Crippen molar-refractivity contribution in [3.8, 4) is 5.75 Å². The van der Waals surface area contributed by atoms with Crippen LogP contribution >= 0.6 is 0 Å². The molecule has 0 aromatic heterocycles. The van der Waals surface area contributed by atoms with Gasteiger partial charge in [-0.15, -0.1) is 0 Å². The fourth-order valence-electron chi connectivity index (χ4n) is 1.29. The van der Waals surface area contributed by atoms with Gasteiger partial charge in [0.05, 0.1) is 18.8 Å². The number of nitrogens with two attached hydrogens (primary N) is 1. The van der Waals surface area contributed by atoms with Gasteiger partial charge >= 0.3 is 0 Å². The second-order valence-electron chi connectivity index (χ2n) is 4.10. The molecule has 0 spiro atoms. The van der Waals surface area contributed by atoms with Gasteiger partial charge in [-0.3, -0.25) is 4.79 Å². The zero-order chi connectivity index (χ0) is 13.0. The molecule has 0 bridgehead atoms. The van der Waals surface area contributed by atoms with Crippen molar-refractivity contribution in [2.24, 2.45) is 11.7 Å². The molecule has 17 heavy (non-hydrogen) atoms. The quantitative estimate of drug-likeness (QED) is 0.842. The highest BCUT2D eigenvalue weighted by Crippen LogP contribution is 2.25.